The Balaban J connectivity index is 1.47. The summed E-state index contributed by atoms with van der Waals surface area (Å²) in [5.41, 5.74) is 0.871. The minimum Gasteiger partial charge on any atom is -0.379 e. The van der Waals surface area contributed by atoms with E-state index in [-0.39, 0.29) is 28.9 Å². The predicted molar refractivity (Wildman–Crippen MR) is 123 cm³/mol. The Bertz CT molecular complexity index is 1290. The van der Waals surface area contributed by atoms with Gasteiger partial charge in [-0.1, -0.05) is 12.1 Å². The van der Waals surface area contributed by atoms with Crippen molar-refractivity contribution >= 4 is 22.4 Å². The lowest BCUT2D eigenvalue weighted by Gasteiger charge is -2.29. The first-order valence-corrected chi connectivity index (χ1v) is 11.6. The van der Waals surface area contributed by atoms with Crippen molar-refractivity contribution in [2.45, 2.75) is 37.5 Å². The Labute approximate surface area is 199 Å². The van der Waals surface area contributed by atoms with E-state index in [1.807, 2.05) is 0 Å². The zero-order valence-electron chi connectivity index (χ0n) is 18.9. The summed E-state index contributed by atoms with van der Waals surface area (Å²) >= 11 is 0. The first kappa shape index (κ1) is 23.4. The van der Waals surface area contributed by atoms with Gasteiger partial charge in [0.1, 0.15) is 11.4 Å². The molecule has 0 aliphatic carbocycles. The number of aromatic amines is 1. The quantitative estimate of drug-likeness (QED) is 0.559. The van der Waals surface area contributed by atoms with E-state index in [0.717, 1.165) is 12.8 Å². The number of nitriles is 1. The number of hydrogen-bond donors (Lipinski definition) is 2. The van der Waals surface area contributed by atoms with Gasteiger partial charge >= 0.3 is 6.18 Å². The maximum absolute atomic E-state index is 13.8. The van der Waals surface area contributed by atoms with Crippen LogP contribution in [0.3, 0.4) is 0 Å². The largest absolute Gasteiger partial charge is 0.408 e. The molecular formula is C24H25F3N6O2. The first-order chi connectivity index (χ1) is 16.9. The topological polar surface area (TPSA) is 99.0 Å². The maximum atomic E-state index is 13.8. The van der Waals surface area contributed by atoms with Crippen LogP contribution in [0.2, 0.25) is 0 Å². The van der Waals surface area contributed by atoms with Crippen LogP contribution in [0.15, 0.2) is 41.3 Å². The van der Waals surface area contributed by atoms with Gasteiger partial charge in [0.2, 0.25) is 0 Å². The minimum atomic E-state index is -4.37. The number of benzene rings is 1. The smallest absolute Gasteiger partial charge is 0.379 e. The number of rotatable bonds is 5. The summed E-state index contributed by atoms with van der Waals surface area (Å²) in [6, 6.07) is 8.06. The van der Waals surface area contributed by atoms with Crippen molar-refractivity contribution in [3.8, 4) is 6.07 Å². The molecule has 184 valence electrons. The van der Waals surface area contributed by atoms with Gasteiger partial charge in [0.15, 0.2) is 5.82 Å². The number of nitrogens with zero attached hydrogens (tertiary/aromatic N) is 4. The second-order valence-electron chi connectivity index (χ2n) is 8.96. The number of H-pyrrole nitrogens is 1. The molecule has 0 saturated carbocycles. The highest BCUT2D eigenvalue weighted by Crippen LogP contribution is 2.40. The monoisotopic (exact) mass is 486 g/mol. The van der Waals surface area contributed by atoms with Crippen molar-refractivity contribution < 1.29 is 17.9 Å². The van der Waals surface area contributed by atoms with Gasteiger partial charge in [0, 0.05) is 18.5 Å². The number of fused-ring (bicyclic) bond motifs is 1. The van der Waals surface area contributed by atoms with Gasteiger partial charge in [-0.3, -0.25) is 14.4 Å². The number of alkyl halides is 3. The molecular weight excluding hydrogens is 461 g/mol. The number of hydrogen-bond acceptors (Lipinski definition) is 6. The summed E-state index contributed by atoms with van der Waals surface area (Å²) in [5.74, 6) is -0.0491. The summed E-state index contributed by atoms with van der Waals surface area (Å²) in [5, 5.41) is 17.6. The van der Waals surface area contributed by atoms with E-state index in [1.54, 1.807) is 22.9 Å². The predicted octanol–water partition coefficient (Wildman–Crippen LogP) is 4.27. The molecule has 2 aliphatic heterocycles. The van der Waals surface area contributed by atoms with E-state index in [2.05, 4.69) is 21.5 Å². The molecule has 11 heteroatoms. The van der Waals surface area contributed by atoms with Gasteiger partial charge in [-0.15, -0.1) is 0 Å². The molecule has 3 atom stereocenters. The highest BCUT2D eigenvalue weighted by molar-refractivity contribution is 5.91. The Morgan fingerprint density at radius 3 is 2.63 bits per heavy atom. The van der Waals surface area contributed by atoms with Crippen LogP contribution < -0.4 is 10.9 Å². The van der Waals surface area contributed by atoms with E-state index in [4.69, 9.17) is 4.74 Å². The van der Waals surface area contributed by atoms with Crippen molar-refractivity contribution in [1.29, 1.82) is 5.26 Å². The average Bonchev–Trinajstić information content (AvgIpc) is 3.48. The fourth-order valence-electron chi connectivity index (χ4n) is 5.05. The molecule has 4 heterocycles. The normalized spacial score (nSPS) is 22.2. The molecule has 2 N–H and O–H groups in total. The van der Waals surface area contributed by atoms with Crippen LogP contribution in [0.4, 0.5) is 24.7 Å². The SMILES string of the molecule is N#CC1CCOC[C@@H]1n1nc(Nc2ccc(C(N3CCCC3)C(F)(F)F)cc2)c2c(=O)[nH]ccc21. The summed E-state index contributed by atoms with van der Waals surface area (Å²) < 4.78 is 48.7. The first-order valence-electron chi connectivity index (χ1n) is 11.6. The number of aromatic nitrogens is 3. The third kappa shape index (κ3) is 4.51. The summed E-state index contributed by atoms with van der Waals surface area (Å²) in [4.78, 5) is 16.8. The van der Waals surface area contributed by atoms with Gasteiger partial charge < -0.3 is 15.0 Å². The van der Waals surface area contributed by atoms with Crippen LogP contribution in [0, 0.1) is 17.2 Å². The molecule has 2 fully saturated rings. The molecule has 0 amide bonds. The maximum Gasteiger partial charge on any atom is 0.408 e. The summed E-state index contributed by atoms with van der Waals surface area (Å²) in [6.45, 7) is 1.63. The zero-order valence-corrected chi connectivity index (χ0v) is 18.9. The highest BCUT2D eigenvalue weighted by atomic mass is 19.4. The van der Waals surface area contributed by atoms with Crippen LogP contribution >= 0.6 is 0 Å². The molecule has 3 aromatic rings. The van der Waals surface area contributed by atoms with E-state index in [0.29, 0.717) is 49.3 Å². The standard InChI is InChI=1S/C24H25F3N6O2/c25-24(26,27)21(32-10-1-2-11-32)15-3-5-17(6-4-15)30-22-20-18(7-9-29-23(20)34)33(31-22)19-14-35-12-8-16(19)13-28/h3-7,9,16,19,21H,1-2,8,10-12,14H2,(H,29,34)(H,30,31)/t16?,19-,21?/m0/s1. The molecule has 35 heavy (non-hydrogen) atoms. The second-order valence-corrected chi connectivity index (χ2v) is 8.96. The molecule has 0 bridgehead atoms. The van der Waals surface area contributed by atoms with Gasteiger partial charge in [-0.05, 0) is 56.1 Å². The van der Waals surface area contributed by atoms with Crippen molar-refractivity contribution in [2.24, 2.45) is 5.92 Å². The third-order valence-electron chi connectivity index (χ3n) is 6.74. The Hall–Kier alpha value is -3.36. The van der Waals surface area contributed by atoms with E-state index in [9.17, 15) is 23.2 Å². The molecule has 0 spiro atoms. The fraction of sp³-hybridized carbons (Fsp3) is 0.458. The lowest BCUT2D eigenvalue weighted by Crippen LogP contribution is -2.36. The Kier molecular flexibility index (Phi) is 6.25. The second kappa shape index (κ2) is 9.36. The number of likely N-dealkylation sites (tertiary alicyclic amines) is 1. The van der Waals surface area contributed by atoms with E-state index >= 15 is 0 Å². The van der Waals surface area contributed by atoms with Crippen LogP contribution in [0.25, 0.3) is 10.9 Å². The van der Waals surface area contributed by atoms with Gasteiger partial charge in [-0.25, -0.2) is 0 Å². The molecule has 1 aromatic carbocycles. The van der Waals surface area contributed by atoms with Gasteiger partial charge in [0.25, 0.3) is 5.56 Å². The number of halogens is 3. The third-order valence-corrected chi connectivity index (χ3v) is 6.74. The fourth-order valence-corrected chi connectivity index (χ4v) is 5.05. The van der Waals surface area contributed by atoms with Crippen molar-refractivity contribution in [3.05, 3.63) is 52.4 Å². The summed E-state index contributed by atoms with van der Waals surface area (Å²) in [6.07, 6.45) is -0.777. The number of anilines is 2. The zero-order chi connectivity index (χ0) is 24.6. The van der Waals surface area contributed by atoms with Crippen molar-refractivity contribution in [1.82, 2.24) is 19.7 Å². The van der Waals surface area contributed by atoms with Crippen molar-refractivity contribution in [2.75, 3.05) is 31.6 Å². The number of nitrogens with one attached hydrogen (secondary N) is 2. The number of ether oxygens (including phenoxy) is 1. The van der Waals surface area contributed by atoms with Crippen LogP contribution in [0.5, 0.6) is 0 Å². The van der Waals surface area contributed by atoms with Gasteiger partial charge in [0.05, 0.1) is 30.2 Å². The summed E-state index contributed by atoms with van der Waals surface area (Å²) in [7, 11) is 0. The lowest BCUT2D eigenvalue weighted by atomic mass is 9.96. The molecule has 5 rings (SSSR count). The number of pyridine rings is 1. The van der Waals surface area contributed by atoms with E-state index in [1.165, 1.54) is 23.2 Å². The molecule has 2 aliphatic rings. The Morgan fingerprint density at radius 1 is 1.20 bits per heavy atom. The van der Waals surface area contributed by atoms with Crippen molar-refractivity contribution in [3.63, 3.8) is 0 Å². The minimum absolute atomic E-state index is 0.175. The average molecular weight is 486 g/mol. The Morgan fingerprint density at radius 2 is 1.94 bits per heavy atom. The molecule has 2 saturated heterocycles. The highest BCUT2D eigenvalue weighted by Gasteiger charge is 2.45. The van der Waals surface area contributed by atoms with Crippen LogP contribution in [-0.4, -0.2) is 52.1 Å². The molecule has 2 aromatic heterocycles. The van der Waals surface area contributed by atoms with Crippen LogP contribution in [-0.2, 0) is 4.74 Å². The van der Waals surface area contributed by atoms with E-state index < -0.39 is 12.2 Å². The molecule has 2 unspecified atom stereocenters. The molecule has 0 radical (unpaired) electrons. The molecule has 8 nitrogen and oxygen atoms in total. The van der Waals surface area contributed by atoms with Gasteiger partial charge in [-0.2, -0.15) is 23.5 Å². The van der Waals surface area contributed by atoms with Crippen LogP contribution in [0.1, 0.15) is 36.9 Å². The lowest BCUT2D eigenvalue weighted by molar-refractivity contribution is -0.183.